The first-order valence-electron chi connectivity index (χ1n) is 11.0. The molecule has 170 valence electrons. The lowest BCUT2D eigenvalue weighted by atomic mass is 9.96. The molecule has 1 saturated heterocycles. The lowest BCUT2D eigenvalue weighted by Gasteiger charge is -2.32. The summed E-state index contributed by atoms with van der Waals surface area (Å²) in [6.45, 7) is 4.17. The molecule has 0 bridgehead atoms. The summed E-state index contributed by atoms with van der Waals surface area (Å²) in [5.41, 5.74) is 2.36. The number of piperidine rings is 1. The van der Waals surface area contributed by atoms with E-state index >= 15 is 0 Å². The number of carbonyl (C=O) groups is 1. The summed E-state index contributed by atoms with van der Waals surface area (Å²) in [5.74, 6) is 0.0383. The van der Waals surface area contributed by atoms with E-state index in [9.17, 15) is 9.18 Å². The SMILES string of the molecule is CCOC(=O)C1CCN(c2nc(CCCOC)cnc2-c2cc(F)c3occc3c2)CC1. The number of ether oxygens (including phenoxy) is 2. The largest absolute Gasteiger partial charge is 0.466 e. The molecule has 7 nitrogen and oxygen atoms in total. The predicted molar refractivity (Wildman–Crippen MR) is 119 cm³/mol. The van der Waals surface area contributed by atoms with Crippen LogP contribution in [-0.4, -0.2) is 49.4 Å². The number of aryl methyl sites for hydroxylation is 1. The number of rotatable bonds is 8. The Labute approximate surface area is 186 Å². The van der Waals surface area contributed by atoms with Crippen molar-refractivity contribution in [2.24, 2.45) is 5.92 Å². The van der Waals surface area contributed by atoms with E-state index in [0.29, 0.717) is 61.6 Å². The van der Waals surface area contributed by atoms with Gasteiger partial charge in [0.25, 0.3) is 0 Å². The predicted octanol–water partition coefficient (Wildman–Crippen LogP) is 4.39. The molecule has 8 heteroatoms. The summed E-state index contributed by atoms with van der Waals surface area (Å²) in [4.78, 5) is 23.8. The third-order valence-corrected chi connectivity index (χ3v) is 5.78. The highest BCUT2D eigenvalue weighted by Gasteiger charge is 2.28. The fraction of sp³-hybridized carbons (Fsp3) is 0.458. The van der Waals surface area contributed by atoms with Crippen LogP contribution in [0.15, 0.2) is 35.1 Å². The molecule has 0 unspecified atom stereocenters. The van der Waals surface area contributed by atoms with Crippen molar-refractivity contribution < 1.29 is 23.1 Å². The van der Waals surface area contributed by atoms with Gasteiger partial charge in [-0.15, -0.1) is 0 Å². The van der Waals surface area contributed by atoms with Gasteiger partial charge in [-0.05, 0) is 50.8 Å². The van der Waals surface area contributed by atoms with Gasteiger partial charge in [0.05, 0.1) is 24.5 Å². The molecule has 32 heavy (non-hydrogen) atoms. The normalized spacial score (nSPS) is 14.8. The second-order valence-corrected chi connectivity index (χ2v) is 7.94. The molecule has 0 aliphatic carbocycles. The van der Waals surface area contributed by atoms with Crippen LogP contribution in [0.3, 0.4) is 0 Å². The maximum absolute atomic E-state index is 14.6. The Morgan fingerprint density at radius 2 is 2.12 bits per heavy atom. The van der Waals surface area contributed by atoms with E-state index in [4.69, 9.17) is 18.9 Å². The van der Waals surface area contributed by atoms with E-state index in [2.05, 4.69) is 9.88 Å². The summed E-state index contributed by atoms with van der Waals surface area (Å²) >= 11 is 0. The van der Waals surface area contributed by atoms with Crippen LogP contribution in [0.2, 0.25) is 0 Å². The zero-order chi connectivity index (χ0) is 22.5. The topological polar surface area (TPSA) is 77.7 Å². The van der Waals surface area contributed by atoms with Crippen LogP contribution >= 0.6 is 0 Å². The molecular formula is C24H28FN3O4. The zero-order valence-corrected chi connectivity index (χ0v) is 18.5. The van der Waals surface area contributed by atoms with Crippen molar-refractivity contribution in [2.45, 2.75) is 32.6 Å². The summed E-state index contributed by atoms with van der Waals surface area (Å²) in [7, 11) is 1.68. The monoisotopic (exact) mass is 441 g/mol. The van der Waals surface area contributed by atoms with E-state index in [0.717, 1.165) is 18.5 Å². The van der Waals surface area contributed by atoms with Gasteiger partial charge in [-0.1, -0.05) is 0 Å². The van der Waals surface area contributed by atoms with Crippen molar-refractivity contribution in [3.8, 4) is 11.3 Å². The maximum Gasteiger partial charge on any atom is 0.309 e. The molecule has 0 atom stereocenters. The molecule has 1 aromatic carbocycles. The van der Waals surface area contributed by atoms with E-state index in [-0.39, 0.29) is 17.5 Å². The molecule has 3 heterocycles. The van der Waals surface area contributed by atoms with Gasteiger partial charge in [0.1, 0.15) is 5.69 Å². The number of hydrogen-bond acceptors (Lipinski definition) is 7. The molecule has 0 amide bonds. The second kappa shape index (κ2) is 10.1. The Morgan fingerprint density at radius 1 is 1.31 bits per heavy atom. The Kier molecular flexibility index (Phi) is 6.99. The highest BCUT2D eigenvalue weighted by molar-refractivity contribution is 5.85. The number of aromatic nitrogens is 2. The van der Waals surface area contributed by atoms with E-state index in [1.54, 1.807) is 19.4 Å². The Morgan fingerprint density at radius 3 is 2.88 bits per heavy atom. The number of anilines is 1. The van der Waals surface area contributed by atoms with Crippen molar-refractivity contribution in [1.82, 2.24) is 9.97 Å². The first-order valence-corrected chi connectivity index (χ1v) is 11.0. The minimum Gasteiger partial charge on any atom is -0.466 e. The molecule has 3 aromatic rings. The van der Waals surface area contributed by atoms with E-state index in [1.807, 2.05) is 13.0 Å². The molecule has 0 radical (unpaired) electrons. The summed E-state index contributed by atoms with van der Waals surface area (Å²) < 4.78 is 30.2. The molecule has 0 N–H and O–H groups in total. The van der Waals surface area contributed by atoms with E-state index < -0.39 is 5.82 Å². The van der Waals surface area contributed by atoms with Gasteiger partial charge in [-0.25, -0.2) is 9.37 Å². The van der Waals surface area contributed by atoms with Crippen molar-refractivity contribution in [1.29, 1.82) is 0 Å². The standard InChI is InChI=1S/C24H28FN3O4/c1-3-31-24(29)16-6-9-28(10-7-16)23-21(26-15-19(27-23)5-4-11-30-2)18-13-17-8-12-32-22(17)20(25)14-18/h8,12-16H,3-7,9-11H2,1-2H3. The third kappa shape index (κ3) is 4.75. The Balaban J connectivity index is 1.65. The number of benzene rings is 1. The quantitative estimate of drug-likeness (QED) is 0.379. The van der Waals surface area contributed by atoms with Gasteiger partial charge in [0.2, 0.25) is 0 Å². The summed E-state index contributed by atoms with van der Waals surface area (Å²) in [6, 6.07) is 5.04. The summed E-state index contributed by atoms with van der Waals surface area (Å²) in [5, 5.41) is 0.679. The van der Waals surface area contributed by atoms with Gasteiger partial charge in [0, 0.05) is 44.0 Å². The summed E-state index contributed by atoms with van der Waals surface area (Å²) in [6.07, 6.45) is 6.17. The van der Waals surface area contributed by atoms with Crippen molar-refractivity contribution in [3.05, 3.63) is 42.2 Å². The fourth-order valence-electron chi connectivity index (χ4n) is 4.12. The lowest BCUT2D eigenvalue weighted by Crippen LogP contribution is -2.38. The van der Waals surface area contributed by atoms with Crippen LogP contribution in [0.25, 0.3) is 22.2 Å². The van der Waals surface area contributed by atoms with Gasteiger partial charge in [-0.3, -0.25) is 9.78 Å². The maximum atomic E-state index is 14.6. The molecule has 0 spiro atoms. The minimum absolute atomic E-state index is 0.104. The molecule has 0 saturated carbocycles. The molecule has 1 aliphatic heterocycles. The number of halogens is 1. The van der Waals surface area contributed by atoms with Crippen LogP contribution in [0.1, 0.15) is 31.9 Å². The minimum atomic E-state index is -0.430. The Hall–Kier alpha value is -3.00. The number of nitrogens with zero attached hydrogens (tertiary/aromatic N) is 3. The molecule has 4 rings (SSSR count). The van der Waals surface area contributed by atoms with Gasteiger partial charge >= 0.3 is 5.97 Å². The van der Waals surface area contributed by atoms with Crippen molar-refractivity contribution in [2.75, 3.05) is 38.3 Å². The number of methoxy groups -OCH3 is 1. The van der Waals surface area contributed by atoms with Crippen LogP contribution in [0, 0.1) is 11.7 Å². The highest BCUT2D eigenvalue weighted by Crippen LogP contribution is 2.34. The molecule has 1 fully saturated rings. The zero-order valence-electron chi connectivity index (χ0n) is 18.5. The Bertz CT molecular complexity index is 1080. The number of furan rings is 1. The molecular weight excluding hydrogens is 413 g/mol. The lowest BCUT2D eigenvalue weighted by molar-refractivity contribution is -0.148. The van der Waals surface area contributed by atoms with Crippen LogP contribution in [0.4, 0.5) is 10.2 Å². The fourth-order valence-corrected chi connectivity index (χ4v) is 4.12. The van der Waals surface area contributed by atoms with Crippen LogP contribution in [0.5, 0.6) is 0 Å². The highest BCUT2D eigenvalue weighted by atomic mass is 19.1. The van der Waals surface area contributed by atoms with Crippen molar-refractivity contribution >= 4 is 22.8 Å². The smallest absolute Gasteiger partial charge is 0.309 e. The number of esters is 1. The third-order valence-electron chi connectivity index (χ3n) is 5.78. The van der Waals surface area contributed by atoms with Gasteiger partial charge in [0.15, 0.2) is 17.2 Å². The average Bonchev–Trinajstić information content (AvgIpc) is 3.29. The number of hydrogen-bond donors (Lipinski definition) is 0. The van der Waals surface area contributed by atoms with Gasteiger partial charge in [-0.2, -0.15) is 0 Å². The number of fused-ring (bicyclic) bond motifs is 1. The second-order valence-electron chi connectivity index (χ2n) is 7.94. The van der Waals surface area contributed by atoms with Crippen LogP contribution in [-0.2, 0) is 20.7 Å². The average molecular weight is 442 g/mol. The molecule has 2 aromatic heterocycles. The van der Waals surface area contributed by atoms with Crippen LogP contribution < -0.4 is 4.90 Å². The van der Waals surface area contributed by atoms with E-state index in [1.165, 1.54) is 12.3 Å². The number of carbonyl (C=O) groups excluding carboxylic acids is 1. The first-order chi connectivity index (χ1) is 15.6. The first kappa shape index (κ1) is 22.2. The molecule has 1 aliphatic rings. The van der Waals surface area contributed by atoms with Crippen molar-refractivity contribution in [3.63, 3.8) is 0 Å². The van der Waals surface area contributed by atoms with Gasteiger partial charge < -0.3 is 18.8 Å².